The molecule has 3 aromatic rings. The number of carbonyl (C=O) groups excluding carboxylic acids is 2. The zero-order chi connectivity index (χ0) is 29.5. The van der Waals surface area contributed by atoms with E-state index in [4.69, 9.17) is 4.98 Å². The summed E-state index contributed by atoms with van der Waals surface area (Å²) < 4.78 is 37.2. The molecule has 0 radical (unpaired) electrons. The average Bonchev–Trinajstić information content (AvgIpc) is 3.42. The predicted octanol–water partition coefficient (Wildman–Crippen LogP) is 7.41. The number of carbonyl (C=O) groups is 2. The number of anilines is 2. The van der Waals surface area contributed by atoms with Crippen LogP contribution in [0.25, 0.3) is 11.3 Å². The second-order valence-corrected chi connectivity index (χ2v) is 9.54. The Kier molecular flexibility index (Phi) is 13.4. The number of alkyl halides is 3. The molecule has 1 aromatic heterocycles. The smallest absolute Gasteiger partial charge is 0.352 e. The van der Waals surface area contributed by atoms with Crippen LogP contribution in [0.1, 0.15) is 23.7 Å². The maximum Gasteiger partial charge on any atom is 0.522 e. The first-order valence-corrected chi connectivity index (χ1v) is 13.4. The van der Waals surface area contributed by atoms with Gasteiger partial charge in [-0.05, 0) is 43.3 Å². The molecule has 13 heteroatoms. The number of halogens is 4. The van der Waals surface area contributed by atoms with Crippen molar-refractivity contribution in [1.29, 1.82) is 0 Å². The lowest BCUT2D eigenvalue weighted by atomic mass is 10.1. The number of amides is 2. The Balaban J connectivity index is 0.000000611. The summed E-state index contributed by atoms with van der Waals surface area (Å²) in [4.78, 5) is 40.2. The third-order valence-electron chi connectivity index (χ3n) is 4.90. The van der Waals surface area contributed by atoms with E-state index in [1.54, 1.807) is 23.5 Å². The first-order chi connectivity index (χ1) is 19.1. The second kappa shape index (κ2) is 16.4. The lowest BCUT2D eigenvalue weighted by Crippen LogP contribution is -2.25. The SMILES string of the molecule is C/C=C/CN(c1ccc(C(=O)NCCC(=O)N=O)cc1)c1nc(-c2cccc(Br)c2)cs1.C=CCOC(F)(F)F. The van der Waals surface area contributed by atoms with E-state index in [1.165, 1.54) is 0 Å². The maximum absolute atomic E-state index is 12.3. The van der Waals surface area contributed by atoms with Crippen LogP contribution >= 0.6 is 27.3 Å². The second-order valence-electron chi connectivity index (χ2n) is 7.79. The van der Waals surface area contributed by atoms with E-state index < -0.39 is 18.9 Å². The molecule has 1 heterocycles. The fourth-order valence-electron chi connectivity index (χ4n) is 3.05. The Morgan fingerprint density at radius 2 is 1.95 bits per heavy atom. The van der Waals surface area contributed by atoms with Gasteiger partial charge in [0.05, 0.1) is 12.3 Å². The van der Waals surface area contributed by atoms with Crippen molar-refractivity contribution in [3.8, 4) is 11.3 Å². The number of benzene rings is 2. The molecule has 3 rings (SSSR count). The largest absolute Gasteiger partial charge is 0.522 e. The highest BCUT2D eigenvalue weighted by atomic mass is 79.9. The summed E-state index contributed by atoms with van der Waals surface area (Å²) in [7, 11) is 0. The van der Waals surface area contributed by atoms with E-state index in [0.717, 1.165) is 32.6 Å². The van der Waals surface area contributed by atoms with Gasteiger partial charge in [-0.3, -0.25) is 14.3 Å². The molecular formula is C27H26BrF3N4O4S. The van der Waals surface area contributed by atoms with Gasteiger partial charge in [0.15, 0.2) is 5.13 Å². The summed E-state index contributed by atoms with van der Waals surface area (Å²) in [6.45, 7) is 5.22. The molecule has 8 nitrogen and oxygen atoms in total. The van der Waals surface area contributed by atoms with Crippen molar-refractivity contribution in [2.75, 3.05) is 24.6 Å². The average molecular weight is 639 g/mol. The normalized spacial score (nSPS) is 10.9. The summed E-state index contributed by atoms with van der Waals surface area (Å²) >= 11 is 5.05. The Hall–Kier alpha value is -3.68. The molecule has 1 N–H and O–H groups in total. The summed E-state index contributed by atoms with van der Waals surface area (Å²) in [5.41, 5.74) is 3.28. The van der Waals surface area contributed by atoms with Gasteiger partial charge in [0.25, 0.3) is 11.8 Å². The molecule has 0 spiro atoms. The fraction of sp³-hybridized carbons (Fsp3) is 0.222. The molecular weight excluding hydrogens is 613 g/mol. The van der Waals surface area contributed by atoms with E-state index >= 15 is 0 Å². The van der Waals surface area contributed by atoms with Crippen molar-refractivity contribution < 1.29 is 27.5 Å². The highest BCUT2D eigenvalue weighted by molar-refractivity contribution is 9.10. The van der Waals surface area contributed by atoms with Gasteiger partial charge in [-0.25, -0.2) is 4.98 Å². The van der Waals surface area contributed by atoms with Crippen molar-refractivity contribution in [2.45, 2.75) is 19.7 Å². The number of nitroso groups, excluding NO2 is 1. The molecule has 2 aromatic carbocycles. The lowest BCUT2D eigenvalue weighted by molar-refractivity contribution is -0.319. The minimum absolute atomic E-state index is 0.0655. The zero-order valence-electron chi connectivity index (χ0n) is 21.4. The molecule has 0 aliphatic heterocycles. The Bertz CT molecular complexity index is 1310. The standard InChI is InChI=1S/C23H21BrN4O3S.C4H5F3O/c1-2-3-13-28(23-26-20(15-32-23)17-5-4-6-18(24)14-17)19-9-7-16(8-10-19)22(30)25-12-11-21(29)27-31;1-2-3-8-4(5,6)7/h2-10,14-15H,11-13H2,1H3,(H,25,30);2H,1,3H2/b3-2+;. The topological polar surface area (TPSA) is 101 Å². The summed E-state index contributed by atoms with van der Waals surface area (Å²) in [6.07, 6.45) is 0.419. The fourth-order valence-corrected chi connectivity index (χ4v) is 4.31. The van der Waals surface area contributed by atoms with Crippen LogP contribution in [0.2, 0.25) is 0 Å². The van der Waals surface area contributed by atoms with Crippen LogP contribution in [0.3, 0.4) is 0 Å². The molecule has 0 unspecified atom stereocenters. The highest BCUT2D eigenvalue weighted by Gasteiger charge is 2.27. The Morgan fingerprint density at radius 1 is 1.23 bits per heavy atom. The molecule has 0 saturated heterocycles. The van der Waals surface area contributed by atoms with Gasteiger partial charge in [-0.1, -0.05) is 46.3 Å². The molecule has 0 aliphatic carbocycles. The lowest BCUT2D eigenvalue weighted by Gasteiger charge is -2.20. The van der Waals surface area contributed by atoms with Gasteiger partial charge in [-0.15, -0.1) is 36.0 Å². The molecule has 0 aliphatic rings. The minimum Gasteiger partial charge on any atom is -0.352 e. The van der Waals surface area contributed by atoms with Gasteiger partial charge >= 0.3 is 6.36 Å². The van der Waals surface area contributed by atoms with E-state index in [9.17, 15) is 27.7 Å². The number of hydrogen-bond acceptors (Lipinski definition) is 7. The predicted molar refractivity (Wildman–Crippen MR) is 153 cm³/mol. The number of ether oxygens (including phenoxy) is 1. The van der Waals surface area contributed by atoms with Crippen LogP contribution in [0, 0.1) is 4.91 Å². The molecule has 212 valence electrons. The van der Waals surface area contributed by atoms with Crippen LogP contribution in [0.5, 0.6) is 0 Å². The van der Waals surface area contributed by atoms with Gasteiger partial charge in [0.1, 0.15) is 0 Å². The van der Waals surface area contributed by atoms with E-state index in [0.29, 0.717) is 12.1 Å². The van der Waals surface area contributed by atoms with Crippen LogP contribution in [0.15, 0.2) is 88.4 Å². The first kappa shape index (κ1) is 32.5. The van der Waals surface area contributed by atoms with Gasteiger partial charge in [0.2, 0.25) is 0 Å². The molecule has 0 bridgehead atoms. The van der Waals surface area contributed by atoms with E-state index in [2.05, 4.69) is 42.6 Å². The summed E-state index contributed by atoms with van der Waals surface area (Å²) in [5, 5.41) is 7.78. The van der Waals surface area contributed by atoms with Gasteiger partial charge < -0.3 is 10.2 Å². The third-order valence-corrected chi connectivity index (χ3v) is 6.26. The van der Waals surface area contributed by atoms with Crippen LogP contribution in [-0.2, 0) is 9.53 Å². The monoisotopic (exact) mass is 638 g/mol. The van der Waals surface area contributed by atoms with Gasteiger partial charge in [-0.2, -0.15) is 0 Å². The van der Waals surface area contributed by atoms with Crippen molar-refractivity contribution in [1.82, 2.24) is 10.3 Å². The minimum atomic E-state index is -4.52. The summed E-state index contributed by atoms with van der Waals surface area (Å²) in [6, 6.07) is 15.2. The number of nitrogens with one attached hydrogen (secondary N) is 1. The number of allylic oxidation sites excluding steroid dienone is 1. The molecule has 0 fully saturated rings. The van der Waals surface area contributed by atoms with E-state index in [1.807, 2.05) is 60.9 Å². The molecule has 2 amide bonds. The number of nitrogens with zero attached hydrogens (tertiary/aromatic N) is 3. The van der Waals surface area contributed by atoms with E-state index in [-0.39, 0.29) is 18.9 Å². The van der Waals surface area contributed by atoms with Crippen molar-refractivity contribution in [2.24, 2.45) is 5.18 Å². The number of aromatic nitrogens is 1. The van der Waals surface area contributed by atoms with Crippen molar-refractivity contribution >= 4 is 49.9 Å². The first-order valence-electron chi connectivity index (χ1n) is 11.7. The van der Waals surface area contributed by atoms with Crippen LogP contribution < -0.4 is 10.2 Å². The zero-order valence-corrected chi connectivity index (χ0v) is 23.8. The molecule has 0 saturated carbocycles. The van der Waals surface area contributed by atoms with Crippen LogP contribution in [0.4, 0.5) is 24.0 Å². The Morgan fingerprint density at radius 3 is 2.52 bits per heavy atom. The molecule has 40 heavy (non-hydrogen) atoms. The third kappa shape index (κ3) is 11.2. The molecule has 0 atom stereocenters. The van der Waals surface area contributed by atoms with Crippen LogP contribution in [-0.4, -0.2) is 42.9 Å². The van der Waals surface area contributed by atoms with Crippen molar-refractivity contribution in [3.05, 3.63) is 93.7 Å². The number of hydrogen-bond donors (Lipinski definition) is 1. The quantitative estimate of drug-likeness (QED) is 0.173. The maximum atomic E-state index is 12.3. The van der Waals surface area contributed by atoms with Gasteiger partial charge in [0, 0.05) is 51.4 Å². The number of thiazole rings is 1. The number of rotatable bonds is 11. The highest BCUT2D eigenvalue weighted by Crippen LogP contribution is 2.33. The Labute approximate surface area is 241 Å². The summed E-state index contributed by atoms with van der Waals surface area (Å²) in [5.74, 6) is -1.10. The van der Waals surface area contributed by atoms with Crippen molar-refractivity contribution in [3.63, 3.8) is 0 Å².